The Morgan fingerprint density at radius 3 is 2.77 bits per heavy atom. The quantitative estimate of drug-likeness (QED) is 0.437. The van der Waals surface area contributed by atoms with E-state index in [1.54, 1.807) is 17.9 Å². The molecule has 0 aromatic heterocycles. The number of benzene rings is 2. The molecule has 1 aliphatic heterocycles. The summed E-state index contributed by atoms with van der Waals surface area (Å²) >= 11 is 0. The Kier molecular flexibility index (Phi) is 7.69. The second-order valence-corrected chi connectivity index (χ2v) is 9.29. The van der Waals surface area contributed by atoms with Gasteiger partial charge in [-0.3, -0.25) is 14.4 Å². The van der Waals surface area contributed by atoms with Gasteiger partial charge in [-0.15, -0.1) is 6.58 Å². The highest BCUT2D eigenvalue weighted by Gasteiger charge is 2.61. The monoisotopic (exact) mass is 474 g/mol. The number of carbonyl (C=O) groups is 3. The lowest BCUT2D eigenvalue weighted by Gasteiger charge is -2.34. The molecule has 4 rings (SSSR count). The van der Waals surface area contributed by atoms with Crippen LogP contribution in [0, 0.1) is 11.3 Å². The van der Waals surface area contributed by atoms with Gasteiger partial charge < -0.3 is 15.0 Å². The molecule has 6 nitrogen and oxygen atoms in total. The molecule has 1 saturated heterocycles. The Morgan fingerprint density at radius 2 is 1.97 bits per heavy atom. The number of fused-ring (bicyclic) bond motifs is 2. The third-order valence-corrected chi connectivity index (χ3v) is 7.22. The zero-order valence-corrected chi connectivity index (χ0v) is 20.4. The SMILES string of the molecule is C=CCN1C(=O)[C@@H](CC(=O)NCc2cccc3ccccc23)[C@]2(C(=O)OCC)CCCCC/C=C/12. The van der Waals surface area contributed by atoms with Gasteiger partial charge in [0.25, 0.3) is 0 Å². The average Bonchev–Trinajstić information content (AvgIpc) is 3.05. The van der Waals surface area contributed by atoms with E-state index in [9.17, 15) is 14.4 Å². The second-order valence-electron chi connectivity index (χ2n) is 9.29. The molecule has 0 spiro atoms. The smallest absolute Gasteiger partial charge is 0.318 e. The van der Waals surface area contributed by atoms with Gasteiger partial charge in [0, 0.05) is 25.2 Å². The van der Waals surface area contributed by atoms with E-state index < -0.39 is 17.3 Å². The molecule has 2 aromatic carbocycles. The predicted octanol–water partition coefficient (Wildman–Crippen LogP) is 4.89. The van der Waals surface area contributed by atoms with Crippen LogP contribution in [0.3, 0.4) is 0 Å². The summed E-state index contributed by atoms with van der Waals surface area (Å²) in [6.07, 6.45) is 7.68. The average molecular weight is 475 g/mol. The van der Waals surface area contributed by atoms with E-state index in [1.165, 1.54) is 0 Å². The van der Waals surface area contributed by atoms with Gasteiger partial charge in [0.05, 0.1) is 12.5 Å². The third-order valence-electron chi connectivity index (χ3n) is 7.22. The maximum Gasteiger partial charge on any atom is 0.318 e. The van der Waals surface area contributed by atoms with Crippen LogP contribution in [0.4, 0.5) is 0 Å². The van der Waals surface area contributed by atoms with Gasteiger partial charge in [0.2, 0.25) is 11.8 Å². The van der Waals surface area contributed by atoms with E-state index in [4.69, 9.17) is 4.74 Å². The molecule has 2 aliphatic rings. The van der Waals surface area contributed by atoms with Gasteiger partial charge in [-0.05, 0) is 42.5 Å². The summed E-state index contributed by atoms with van der Waals surface area (Å²) in [5.74, 6) is -1.65. The first-order valence-electron chi connectivity index (χ1n) is 12.6. The standard InChI is InChI=1S/C29H34N2O4/c1-3-18-31-25-16-7-5-6-10-17-29(25,28(34)35-4-2)24(27(31)33)19-26(32)30-20-22-14-11-13-21-12-8-9-15-23(21)22/h3,8-9,11-16,24H,1,4-7,10,17-20H2,2H3,(H,30,32)/b25-16+/t24-,29-/m1/s1. The van der Waals surface area contributed by atoms with E-state index in [0.29, 0.717) is 25.2 Å². The Bertz CT molecular complexity index is 1150. The number of nitrogens with zero attached hydrogens (tertiary/aromatic N) is 1. The summed E-state index contributed by atoms with van der Waals surface area (Å²) in [6.45, 7) is 6.45. The molecule has 2 amide bonds. The first-order chi connectivity index (χ1) is 17.0. The number of hydrogen-bond acceptors (Lipinski definition) is 4. The molecule has 1 fully saturated rings. The lowest BCUT2D eigenvalue weighted by molar-refractivity contribution is -0.158. The van der Waals surface area contributed by atoms with Crippen LogP contribution in [0.2, 0.25) is 0 Å². The van der Waals surface area contributed by atoms with Crippen LogP contribution >= 0.6 is 0 Å². The Morgan fingerprint density at radius 1 is 1.17 bits per heavy atom. The molecule has 0 saturated carbocycles. The number of likely N-dealkylation sites (tertiary alicyclic amines) is 1. The van der Waals surface area contributed by atoms with Gasteiger partial charge >= 0.3 is 5.97 Å². The van der Waals surface area contributed by atoms with E-state index in [2.05, 4.69) is 11.9 Å². The number of esters is 1. The Hall–Kier alpha value is -3.41. The lowest BCUT2D eigenvalue weighted by Crippen LogP contribution is -2.42. The van der Waals surface area contributed by atoms with Crippen molar-refractivity contribution in [3.05, 3.63) is 72.5 Å². The second kappa shape index (κ2) is 10.9. The minimum atomic E-state index is -1.13. The molecule has 0 unspecified atom stereocenters. The molecular weight excluding hydrogens is 440 g/mol. The number of allylic oxidation sites excluding steroid dienone is 1. The highest BCUT2D eigenvalue weighted by atomic mass is 16.5. The fraction of sp³-hybridized carbons (Fsp3) is 0.414. The predicted molar refractivity (Wildman–Crippen MR) is 136 cm³/mol. The number of rotatable bonds is 8. The first kappa shape index (κ1) is 24.7. The highest BCUT2D eigenvalue weighted by molar-refractivity contribution is 5.99. The van der Waals surface area contributed by atoms with Crippen molar-refractivity contribution in [3.63, 3.8) is 0 Å². The molecule has 1 heterocycles. The summed E-state index contributed by atoms with van der Waals surface area (Å²) in [5, 5.41) is 5.18. The molecule has 1 aliphatic carbocycles. The first-order valence-corrected chi connectivity index (χ1v) is 12.6. The molecular formula is C29H34N2O4. The van der Waals surface area contributed by atoms with Crippen molar-refractivity contribution in [2.75, 3.05) is 13.2 Å². The van der Waals surface area contributed by atoms with Gasteiger partial charge in [0.1, 0.15) is 5.41 Å². The van der Waals surface area contributed by atoms with Crippen LogP contribution in [0.1, 0.15) is 51.0 Å². The summed E-state index contributed by atoms with van der Waals surface area (Å²) < 4.78 is 5.53. The highest BCUT2D eigenvalue weighted by Crippen LogP contribution is 2.52. The Labute approximate surface area is 207 Å². The third kappa shape index (κ3) is 4.75. The van der Waals surface area contributed by atoms with Crippen molar-refractivity contribution < 1.29 is 19.1 Å². The van der Waals surface area contributed by atoms with Crippen LogP contribution in [0.5, 0.6) is 0 Å². The summed E-state index contributed by atoms with van der Waals surface area (Å²) in [5.41, 5.74) is 0.564. The van der Waals surface area contributed by atoms with Crippen LogP contribution in [0.25, 0.3) is 10.8 Å². The van der Waals surface area contributed by atoms with Gasteiger partial charge in [-0.2, -0.15) is 0 Å². The van der Waals surface area contributed by atoms with E-state index in [-0.39, 0.29) is 24.8 Å². The largest absolute Gasteiger partial charge is 0.465 e. The van der Waals surface area contributed by atoms with Gasteiger partial charge in [0.15, 0.2) is 0 Å². The summed E-state index contributed by atoms with van der Waals surface area (Å²) in [6, 6.07) is 14.0. The molecule has 184 valence electrons. The number of carbonyl (C=O) groups excluding carboxylic acids is 3. The summed E-state index contributed by atoms with van der Waals surface area (Å²) in [7, 11) is 0. The topological polar surface area (TPSA) is 75.7 Å². The molecule has 6 heteroatoms. The fourth-order valence-corrected chi connectivity index (χ4v) is 5.58. The molecule has 2 aromatic rings. The maximum absolute atomic E-state index is 13.6. The number of amides is 2. The minimum absolute atomic E-state index is 0.0621. The van der Waals surface area contributed by atoms with Crippen molar-refractivity contribution in [2.45, 2.75) is 52.0 Å². The van der Waals surface area contributed by atoms with E-state index in [1.807, 2.05) is 48.5 Å². The number of hydrogen-bond donors (Lipinski definition) is 1. The van der Waals surface area contributed by atoms with Gasteiger partial charge in [-0.1, -0.05) is 67.5 Å². The molecule has 0 radical (unpaired) electrons. The molecule has 2 atom stereocenters. The van der Waals surface area contributed by atoms with Crippen molar-refractivity contribution >= 4 is 28.6 Å². The zero-order valence-electron chi connectivity index (χ0n) is 20.4. The van der Waals surface area contributed by atoms with Crippen LogP contribution < -0.4 is 5.32 Å². The molecule has 0 bridgehead atoms. The Balaban J connectivity index is 1.62. The van der Waals surface area contributed by atoms with Crippen LogP contribution in [-0.4, -0.2) is 35.8 Å². The van der Waals surface area contributed by atoms with E-state index in [0.717, 1.165) is 42.0 Å². The normalized spacial score (nSPS) is 23.6. The van der Waals surface area contributed by atoms with Gasteiger partial charge in [-0.25, -0.2) is 0 Å². The fourth-order valence-electron chi connectivity index (χ4n) is 5.58. The van der Waals surface area contributed by atoms with Crippen molar-refractivity contribution in [3.8, 4) is 0 Å². The van der Waals surface area contributed by atoms with E-state index >= 15 is 0 Å². The summed E-state index contributed by atoms with van der Waals surface area (Å²) in [4.78, 5) is 41.9. The van der Waals surface area contributed by atoms with Crippen molar-refractivity contribution in [2.24, 2.45) is 11.3 Å². The number of nitrogens with one attached hydrogen (secondary N) is 1. The van der Waals surface area contributed by atoms with Crippen LogP contribution in [-0.2, 0) is 25.7 Å². The maximum atomic E-state index is 13.6. The molecule has 35 heavy (non-hydrogen) atoms. The lowest BCUT2D eigenvalue weighted by atomic mass is 9.69. The number of ether oxygens (including phenoxy) is 1. The molecule has 1 N–H and O–H groups in total. The van der Waals surface area contributed by atoms with Crippen LogP contribution in [0.15, 0.2) is 66.9 Å². The van der Waals surface area contributed by atoms with Crippen molar-refractivity contribution in [1.29, 1.82) is 0 Å². The zero-order chi connectivity index (χ0) is 24.8. The minimum Gasteiger partial charge on any atom is -0.465 e. The van der Waals surface area contributed by atoms with Crippen molar-refractivity contribution in [1.82, 2.24) is 10.2 Å².